The number of phenolic OH excluding ortho intramolecular Hbond substituents is 1. The van der Waals surface area contributed by atoms with E-state index in [1.54, 1.807) is 30.3 Å². The highest BCUT2D eigenvalue weighted by Gasteiger charge is 2.33. The van der Waals surface area contributed by atoms with Crippen LogP contribution in [0.25, 0.3) is 6.08 Å². The summed E-state index contributed by atoms with van der Waals surface area (Å²) in [4.78, 5) is 24.9. The third kappa shape index (κ3) is 4.66. The molecule has 0 unspecified atom stereocenters. The van der Waals surface area contributed by atoms with Gasteiger partial charge in [0.1, 0.15) is 11.5 Å². The fraction of sp³-hybridized carbons (Fsp3) is 0.105. The second-order valence-electron chi connectivity index (χ2n) is 5.71. The van der Waals surface area contributed by atoms with Gasteiger partial charge in [0.2, 0.25) is 0 Å². The van der Waals surface area contributed by atoms with E-state index >= 15 is 0 Å². The normalized spacial score (nSPS) is 15.3. The molecule has 27 heavy (non-hydrogen) atoms. The van der Waals surface area contributed by atoms with E-state index < -0.39 is 11.8 Å². The van der Waals surface area contributed by atoms with Crippen LogP contribution >= 0.6 is 24.0 Å². The fourth-order valence-electron chi connectivity index (χ4n) is 2.26. The molecule has 1 heterocycles. The molecule has 0 aromatic heterocycles. The Hall–Kier alpha value is -2.84. The Balaban J connectivity index is 1.62. The smallest absolute Gasteiger partial charge is 0.285 e. The molecule has 2 aromatic carbocycles. The predicted octanol–water partition coefficient (Wildman–Crippen LogP) is 3.01. The third-order valence-electron chi connectivity index (χ3n) is 3.64. The van der Waals surface area contributed by atoms with Crippen LogP contribution in [-0.2, 0) is 9.59 Å². The zero-order valence-corrected chi connectivity index (χ0v) is 16.0. The van der Waals surface area contributed by atoms with E-state index in [-0.39, 0.29) is 16.7 Å². The quantitative estimate of drug-likeness (QED) is 0.593. The predicted molar refractivity (Wildman–Crippen MR) is 108 cm³/mol. The van der Waals surface area contributed by atoms with Crippen molar-refractivity contribution in [3.05, 3.63) is 64.6 Å². The molecule has 6 nitrogen and oxygen atoms in total. The maximum atomic E-state index is 12.5. The number of ether oxygens (including phenoxy) is 1. The minimum absolute atomic E-state index is 0.0540. The van der Waals surface area contributed by atoms with Crippen molar-refractivity contribution in [1.82, 2.24) is 10.4 Å². The minimum Gasteiger partial charge on any atom is -0.507 e. The van der Waals surface area contributed by atoms with E-state index in [1.807, 2.05) is 19.1 Å². The van der Waals surface area contributed by atoms with Gasteiger partial charge in [-0.3, -0.25) is 15.0 Å². The first-order chi connectivity index (χ1) is 12.9. The van der Waals surface area contributed by atoms with Crippen molar-refractivity contribution in [2.24, 2.45) is 0 Å². The monoisotopic (exact) mass is 400 g/mol. The highest BCUT2D eigenvalue weighted by Crippen LogP contribution is 2.32. The highest BCUT2D eigenvalue weighted by molar-refractivity contribution is 8.26. The maximum absolute atomic E-state index is 12.5. The molecule has 0 spiro atoms. The van der Waals surface area contributed by atoms with E-state index in [9.17, 15) is 14.7 Å². The van der Waals surface area contributed by atoms with Crippen LogP contribution < -0.4 is 10.2 Å². The number of amides is 2. The number of hydrazine groups is 1. The number of carbonyl (C=O) groups excluding carboxylic acids is 2. The highest BCUT2D eigenvalue weighted by atomic mass is 32.2. The Labute approximate surface area is 165 Å². The number of hydrogen-bond acceptors (Lipinski definition) is 6. The van der Waals surface area contributed by atoms with Crippen LogP contribution in [0, 0.1) is 6.92 Å². The second kappa shape index (κ2) is 8.24. The molecule has 1 fully saturated rings. The van der Waals surface area contributed by atoms with E-state index in [2.05, 4.69) is 5.43 Å². The molecule has 1 saturated heterocycles. The summed E-state index contributed by atoms with van der Waals surface area (Å²) in [5, 5.41) is 10.8. The summed E-state index contributed by atoms with van der Waals surface area (Å²) in [6, 6.07) is 13.9. The number of nitrogens with one attached hydrogen (secondary N) is 1. The SMILES string of the molecule is Cc1ccc(OCC(=O)NN2C(=O)/C(=C/c3ccccc3O)SC2=S)cc1. The summed E-state index contributed by atoms with van der Waals surface area (Å²) in [6.07, 6.45) is 1.53. The molecule has 138 valence electrons. The minimum atomic E-state index is -0.504. The Morgan fingerprint density at radius 3 is 2.67 bits per heavy atom. The van der Waals surface area contributed by atoms with Gasteiger partial charge in [-0.05, 0) is 43.4 Å². The molecule has 1 aliphatic heterocycles. The summed E-state index contributed by atoms with van der Waals surface area (Å²) in [5.74, 6) is -0.355. The van der Waals surface area contributed by atoms with Gasteiger partial charge in [-0.25, -0.2) is 0 Å². The van der Waals surface area contributed by atoms with Crippen molar-refractivity contribution in [1.29, 1.82) is 0 Å². The number of nitrogens with zero attached hydrogens (tertiary/aromatic N) is 1. The standard InChI is InChI=1S/C19H16N2O4S2/c1-12-6-8-14(9-7-12)25-11-17(23)20-21-18(24)16(27-19(21)26)10-13-4-2-3-5-15(13)22/h2-10,22H,11H2,1H3,(H,20,23)/b16-10-. The van der Waals surface area contributed by atoms with Crippen LogP contribution in [0.1, 0.15) is 11.1 Å². The van der Waals surface area contributed by atoms with Gasteiger partial charge >= 0.3 is 0 Å². The molecule has 2 N–H and O–H groups in total. The molecule has 0 saturated carbocycles. The van der Waals surface area contributed by atoms with Gasteiger partial charge in [-0.2, -0.15) is 5.01 Å². The first-order valence-electron chi connectivity index (χ1n) is 7.99. The van der Waals surface area contributed by atoms with Crippen molar-refractivity contribution in [3.63, 3.8) is 0 Å². The molecule has 0 aliphatic carbocycles. The maximum Gasteiger partial charge on any atom is 0.285 e. The van der Waals surface area contributed by atoms with Crippen molar-refractivity contribution >= 4 is 46.2 Å². The number of para-hydroxylation sites is 1. The first kappa shape index (κ1) is 18.9. The Kier molecular flexibility index (Phi) is 5.78. The number of thiocarbonyl (C=S) groups is 1. The summed E-state index contributed by atoms with van der Waals surface area (Å²) >= 11 is 6.21. The van der Waals surface area contributed by atoms with Crippen LogP contribution in [0.2, 0.25) is 0 Å². The number of benzene rings is 2. The van der Waals surface area contributed by atoms with Gasteiger partial charge < -0.3 is 9.84 Å². The van der Waals surface area contributed by atoms with E-state index in [4.69, 9.17) is 17.0 Å². The molecule has 8 heteroatoms. The number of carbonyl (C=O) groups is 2. The topological polar surface area (TPSA) is 78.9 Å². The van der Waals surface area contributed by atoms with Crippen molar-refractivity contribution in [2.75, 3.05) is 6.61 Å². The lowest BCUT2D eigenvalue weighted by atomic mass is 10.2. The summed E-state index contributed by atoms with van der Waals surface area (Å²) in [6.45, 7) is 1.70. The van der Waals surface area contributed by atoms with Crippen LogP contribution in [0.15, 0.2) is 53.4 Å². The summed E-state index contributed by atoms with van der Waals surface area (Å²) in [7, 11) is 0. The van der Waals surface area contributed by atoms with Crippen LogP contribution in [-0.4, -0.2) is 32.9 Å². The molecular weight excluding hydrogens is 384 g/mol. The van der Waals surface area contributed by atoms with E-state index in [1.165, 1.54) is 12.1 Å². The molecular formula is C19H16N2O4S2. The molecule has 2 aromatic rings. The van der Waals surface area contributed by atoms with Gasteiger partial charge in [0.05, 0.1) is 4.91 Å². The third-order valence-corrected chi connectivity index (χ3v) is 4.95. The molecule has 3 rings (SSSR count). The van der Waals surface area contributed by atoms with Crippen molar-refractivity contribution < 1.29 is 19.4 Å². The molecule has 0 atom stereocenters. The van der Waals surface area contributed by atoms with Gasteiger partial charge in [0.15, 0.2) is 10.9 Å². The molecule has 2 amide bonds. The zero-order chi connectivity index (χ0) is 19.4. The average molecular weight is 400 g/mol. The lowest BCUT2D eigenvalue weighted by Crippen LogP contribution is -2.46. The van der Waals surface area contributed by atoms with Crippen molar-refractivity contribution in [2.45, 2.75) is 6.92 Å². The largest absolute Gasteiger partial charge is 0.507 e. The lowest BCUT2D eigenvalue weighted by molar-refractivity contribution is -0.134. The number of hydrogen-bond donors (Lipinski definition) is 2. The second-order valence-corrected chi connectivity index (χ2v) is 7.39. The lowest BCUT2D eigenvalue weighted by Gasteiger charge is -2.15. The van der Waals surface area contributed by atoms with Crippen LogP contribution in [0.5, 0.6) is 11.5 Å². The zero-order valence-electron chi connectivity index (χ0n) is 14.3. The van der Waals surface area contributed by atoms with Crippen LogP contribution in [0.4, 0.5) is 0 Å². The Morgan fingerprint density at radius 2 is 1.96 bits per heavy atom. The summed E-state index contributed by atoms with van der Waals surface area (Å²) < 4.78 is 5.59. The van der Waals surface area contributed by atoms with E-state index in [0.717, 1.165) is 22.3 Å². The first-order valence-corrected chi connectivity index (χ1v) is 9.21. The fourth-order valence-corrected chi connectivity index (χ4v) is 3.43. The number of thioether (sulfide) groups is 1. The van der Waals surface area contributed by atoms with Gasteiger partial charge in [-0.15, -0.1) is 0 Å². The van der Waals surface area contributed by atoms with E-state index in [0.29, 0.717) is 16.2 Å². The number of rotatable bonds is 5. The number of aromatic hydroxyl groups is 1. The number of phenols is 1. The Bertz CT molecular complexity index is 926. The van der Waals surface area contributed by atoms with Crippen LogP contribution in [0.3, 0.4) is 0 Å². The van der Waals surface area contributed by atoms with Gasteiger partial charge in [-0.1, -0.05) is 47.7 Å². The van der Waals surface area contributed by atoms with Gasteiger partial charge in [0, 0.05) is 5.56 Å². The van der Waals surface area contributed by atoms with Crippen molar-refractivity contribution in [3.8, 4) is 11.5 Å². The molecule has 1 aliphatic rings. The Morgan fingerprint density at radius 1 is 1.26 bits per heavy atom. The summed E-state index contributed by atoms with van der Waals surface area (Å²) in [5.41, 5.74) is 4.02. The molecule has 0 bridgehead atoms. The average Bonchev–Trinajstić information content (AvgIpc) is 2.90. The van der Waals surface area contributed by atoms with Gasteiger partial charge in [0.25, 0.3) is 11.8 Å². The molecule has 0 radical (unpaired) electrons. The number of aryl methyl sites for hydroxylation is 1.